The first kappa shape index (κ1) is 33.8. The van der Waals surface area contributed by atoms with Gasteiger partial charge in [0, 0.05) is 22.8 Å². The summed E-state index contributed by atoms with van der Waals surface area (Å²) < 4.78 is 27.4. The molecule has 0 bridgehead atoms. The van der Waals surface area contributed by atoms with Crippen LogP contribution in [-0.4, -0.2) is 50.6 Å². The Morgan fingerprint density at radius 2 is 1.18 bits per heavy atom. The Bertz CT molecular complexity index is 1430. The van der Waals surface area contributed by atoms with Crippen molar-refractivity contribution in [2.75, 3.05) is 26.4 Å². The Morgan fingerprint density at radius 1 is 0.682 bits per heavy atom. The van der Waals surface area contributed by atoms with Crippen LogP contribution < -0.4 is 14.2 Å². The first-order valence-electron chi connectivity index (χ1n) is 14.0. The molecule has 0 atom stereocenters. The van der Waals surface area contributed by atoms with Crippen LogP contribution in [0.3, 0.4) is 0 Å². The van der Waals surface area contributed by atoms with Crippen LogP contribution in [0.2, 0.25) is 0 Å². The van der Waals surface area contributed by atoms with Crippen LogP contribution in [0.25, 0.3) is 0 Å². The molecule has 3 rings (SSSR count). The Labute approximate surface area is 265 Å². The molecular formula is C34H34BrNO8. The maximum Gasteiger partial charge on any atom is 0.343 e. The van der Waals surface area contributed by atoms with Gasteiger partial charge in [0.2, 0.25) is 0 Å². The van der Waals surface area contributed by atoms with Crippen LogP contribution in [0.4, 0.5) is 5.69 Å². The molecule has 9 nitrogen and oxygen atoms in total. The maximum absolute atomic E-state index is 12.6. The minimum absolute atomic E-state index is 0.314. The average molecular weight is 665 g/mol. The van der Waals surface area contributed by atoms with E-state index in [1.807, 2.05) is 24.3 Å². The van der Waals surface area contributed by atoms with Crippen molar-refractivity contribution in [2.24, 2.45) is 4.99 Å². The van der Waals surface area contributed by atoms with E-state index in [0.29, 0.717) is 72.9 Å². The fourth-order valence-corrected chi connectivity index (χ4v) is 4.02. The van der Waals surface area contributed by atoms with Gasteiger partial charge in [-0.25, -0.2) is 14.4 Å². The van der Waals surface area contributed by atoms with Gasteiger partial charge in [-0.2, -0.15) is 0 Å². The average Bonchev–Trinajstić information content (AvgIpc) is 3.04. The van der Waals surface area contributed by atoms with E-state index in [1.165, 1.54) is 0 Å². The molecule has 0 fully saturated rings. The predicted molar refractivity (Wildman–Crippen MR) is 171 cm³/mol. The molecule has 0 spiro atoms. The summed E-state index contributed by atoms with van der Waals surface area (Å²) in [6, 6.07) is 19.3. The highest BCUT2D eigenvalue weighted by Gasteiger charge is 2.10. The molecule has 3 aromatic rings. The van der Waals surface area contributed by atoms with Gasteiger partial charge >= 0.3 is 17.9 Å². The molecule has 0 aliphatic heterocycles. The van der Waals surface area contributed by atoms with Crippen LogP contribution in [0.1, 0.15) is 41.6 Å². The van der Waals surface area contributed by atoms with Crippen LogP contribution in [0.15, 0.2) is 102 Å². The number of esters is 3. The van der Waals surface area contributed by atoms with Crippen LogP contribution in [0.5, 0.6) is 17.2 Å². The summed E-state index contributed by atoms with van der Waals surface area (Å²) in [5, 5.41) is 0. The first-order valence-corrected chi connectivity index (χ1v) is 14.8. The largest absolute Gasteiger partial charge is 0.494 e. The van der Waals surface area contributed by atoms with E-state index in [-0.39, 0.29) is 0 Å². The SMILES string of the molecule is C=CC(=O)OCCCCOc1ccc(C=Nc2ccc(OC(=O)c3ccc(OCCCCOC(=O)C=C)cc3)cc2Br)cc1. The third-order valence-corrected chi connectivity index (χ3v) is 6.52. The lowest BCUT2D eigenvalue weighted by atomic mass is 10.2. The molecule has 230 valence electrons. The molecule has 0 radical (unpaired) electrons. The molecule has 0 saturated carbocycles. The molecule has 10 heteroatoms. The van der Waals surface area contributed by atoms with Crippen molar-refractivity contribution in [1.82, 2.24) is 0 Å². The zero-order valence-corrected chi connectivity index (χ0v) is 25.8. The number of unbranched alkanes of at least 4 members (excludes halogenated alkanes) is 2. The zero-order chi connectivity index (χ0) is 31.6. The van der Waals surface area contributed by atoms with E-state index < -0.39 is 17.9 Å². The number of halogens is 1. The number of hydrogen-bond donors (Lipinski definition) is 0. The first-order chi connectivity index (χ1) is 21.4. The van der Waals surface area contributed by atoms with Gasteiger partial charge in [0.05, 0.1) is 37.7 Å². The van der Waals surface area contributed by atoms with E-state index >= 15 is 0 Å². The van der Waals surface area contributed by atoms with Gasteiger partial charge < -0.3 is 23.7 Å². The second-order valence-electron chi connectivity index (χ2n) is 9.21. The fraction of sp³-hybridized carbons (Fsp3) is 0.235. The Hall–Kier alpha value is -4.70. The van der Waals surface area contributed by atoms with Crippen molar-refractivity contribution in [3.63, 3.8) is 0 Å². The van der Waals surface area contributed by atoms with E-state index in [2.05, 4.69) is 34.1 Å². The molecule has 0 N–H and O–H groups in total. The third-order valence-electron chi connectivity index (χ3n) is 5.89. The smallest absolute Gasteiger partial charge is 0.343 e. The van der Waals surface area contributed by atoms with Crippen molar-refractivity contribution in [2.45, 2.75) is 25.7 Å². The number of nitrogens with zero attached hydrogens (tertiary/aromatic N) is 1. The number of ether oxygens (including phenoxy) is 5. The minimum atomic E-state index is -0.498. The summed E-state index contributed by atoms with van der Waals surface area (Å²) in [6.45, 7) is 8.33. The van der Waals surface area contributed by atoms with E-state index in [1.54, 1.807) is 48.7 Å². The van der Waals surface area contributed by atoms with Crippen molar-refractivity contribution < 1.29 is 38.1 Å². The number of rotatable bonds is 18. The number of hydrogen-bond acceptors (Lipinski definition) is 9. The summed E-state index contributed by atoms with van der Waals surface area (Å²) in [5.74, 6) is 0.376. The van der Waals surface area contributed by atoms with Gasteiger partial charge in [-0.3, -0.25) is 4.99 Å². The molecule has 0 aliphatic carbocycles. The van der Waals surface area contributed by atoms with Crippen molar-refractivity contribution in [3.8, 4) is 17.2 Å². The van der Waals surface area contributed by atoms with Crippen molar-refractivity contribution in [1.29, 1.82) is 0 Å². The molecule has 0 saturated heterocycles. The van der Waals surface area contributed by atoms with Crippen LogP contribution >= 0.6 is 15.9 Å². The van der Waals surface area contributed by atoms with Gasteiger partial charge in [-0.15, -0.1) is 0 Å². The number of aliphatic imine (C=N–C) groups is 1. The standard InChI is InChI=1S/C34H34BrNO8/c1-3-32(37)42-21-7-5-19-40-27-13-9-25(10-14-27)24-36-31-18-17-29(23-30(31)35)44-34(39)26-11-15-28(16-12-26)41-20-6-8-22-43-33(38)4-2/h3-4,9-18,23-24H,1-2,5-8,19-22H2. The molecular weight excluding hydrogens is 630 g/mol. The maximum atomic E-state index is 12.6. The number of carbonyl (C=O) groups is 3. The van der Waals surface area contributed by atoms with Crippen LogP contribution in [-0.2, 0) is 19.1 Å². The second kappa shape index (κ2) is 18.8. The summed E-state index contributed by atoms with van der Waals surface area (Å²) >= 11 is 3.49. The quantitative estimate of drug-likeness (QED) is 0.0462. The molecule has 0 unspecified atom stereocenters. The lowest BCUT2D eigenvalue weighted by Crippen LogP contribution is -2.08. The Kier molecular flexibility index (Phi) is 14.4. The highest BCUT2D eigenvalue weighted by atomic mass is 79.9. The fourth-order valence-electron chi connectivity index (χ4n) is 3.55. The minimum Gasteiger partial charge on any atom is -0.494 e. The lowest BCUT2D eigenvalue weighted by molar-refractivity contribution is -0.138. The molecule has 44 heavy (non-hydrogen) atoms. The molecule has 3 aromatic carbocycles. The second-order valence-corrected chi connectivity index (χ2v) is 10.1. The van der Waals surface area contributed by atoms with E-state index in [9.17, 15) is 14.4 Å². The third kappa shape index (κ3) is 12.3. The molecule has 0 aromatic heterocycles. The Morgan fingerprint density at radius 3 is 1.70 bits per heavy atom. The van der Waals surface area contributed by atoms with Crippen LogP contribution in [0, 0.1) is 0 Å². The highest BCUT2D eigenvalue weighted by Crippen LogP contribution is 2.30. The summed E-state index contributed by atoms with van der Waals surface area (Å²) in [5.41, 5.74) is 1.94. The van der Waals surface area contributed by atoms with Crippen molar-refractivity contribution in [3.05, 3.63) is 108 Å². The molecule has 0 amide bonds. The normalized spacial score (nSPS) is 10.6. The Balaban J connectivity index is 1.41. The topological polar surface area (TPSA) is 110 Å². The van der Waals surface area contributed by atoms with E-state index in [0.717, 1.165) is 29.9 Å². The summed E-state index contributed by atoms with van der Waals surface area (Å²) in [6.07, 6.45) is 6.86. The van der Waals surface area contributed by atoms with E-state index in [4.69, 9.17) is 23.7 Å². The lowest BCUT2D eigenvalue weighted by Gasteiger charge is -2.08. The highest BCUT2D eigenvalue weighted by molar-refractivity contribution is 9.10. The number of benzene rings is 3. The van der Waals surface area contributed by atoms with Gasteiger partial charge in [0.25, 0.3) is 0 Å². The van der Waals surface area contributed by atoms with Gasteiger partial charge in [-0.1, -0.05) is 13.2 Å². The predicted octanol–water partition coefficient (Wildman–Crippen LogP) is 7.20. The number of carbonyl (C=O) groups excluding carboxylic acids is 3. The van der Waals surface area contributed by atoms with Gasteiger partial charge in [0.15, 0.2) is 0 Å². The zero-order valence-electron chi connectivity index (χ0n) is 24.2. The van der Waals surface area contributed by atoms with Gasteiger partial charge in [-0.05, 0) is 114 Å². The van der Waals surface area contributed by atoms with Crippen molar-refractivity contribution >= 4 is 45.7 Å². The summed E-state index contributed by atoms with van der Waals surface area (Å²) in [7, 11) is 0. The summed E-state index contributed by atoms with van der Waals surface area (Å²) in [4.78, 5) is 39.2. The van der Waals surface area contributed by atoms with Gasteiger partial charge in [0.1, 0.15) is 17.2 Å². The molecule has 0 heterocycles. The monoisotopic (exact) mass is 663 g/mol. The molecule has 0 aliphatic rings.